The molecule has 7 heteroatoms. The molecule has 31 heavy (non-hydrogen) atoms. The van der Waals surface area contributed by atoms with E-state index in [9.17, 15) is 9.59 Å². The van der Waals surface area contributed by atoms with E-state index in [4.69, 9.17) is 10.5 Å². The Kier molecular flexibility index (Phi) is 7.49. The molecule has 1 aliphatic carbocycles. The van der Waals surface area contributed by atoms with Crippen molar-refractivity contribution in [2.75, 3.05) is 19.0 Å². The zero-order valence-electron chi connectivity index (χ0n) is 18.9. The quantitative estimate of drug-likeness (QED) is 0.653. The Morgan fingerprint density at radius 3 is 2.58 bits per heavy atom. The van der Waals surface area contributed by atoms with Crippen LogP contribution in [0.4, 0.5) is 5.82 Å². The second-order valence-corrected chi connectivity index (χ2v) is 8.92. The Morgan fingerprint density at radius 1 is 1.26 bits per heavy atom. The van der Waals surface area contributed by atoms with Crippen molar-refractivity contribution in [1.82, 2.24) is 9.78 Å². The summed E-state index contributed by atoms with van der Waals surface area (Å²) in [6.07, 6.45) is 3.20. The molecule has 168 valence electrons. The van der Waals surface area contributed by atoms with Gasteiger partial charge in [0.1, 0.15) is 5.82 Å². The third kappa shape index (κ3) is 5.34. The molecule has 1 heterocycles. The molecule has 3 atom stereocenters. The SMILES string of the molecule is COC(=O)c1ccc(-c2cc(NC(=O)[C@@H]3C[C@H](C)CC[C@H]3C(C)C)n(CCN)n2)cc1. The van der Waals surface area contributed by atoms with E-state index in [1.54, 1.807) is 16.8 Å². The van der Waals surface area contributed by atoms with Gasteiger partial charge in [0, 0.05) is 24.1 Å². The number of aromatic nitrogens is 2. The van der Waals surface area contributed by atoms with Crippen LogP contribution in [0.5, 0.6) is 0 Å². The van der Waals surface area contributed by atoms with Crippen molar-refractivity contribution in [2.45, 2.75) is 46.6 Å². The standard InChI is InChI=1S/C24H34N4O3/c1-15(2)19-10-5-16(3)13-20(19)23(29)26-22-14-21(27-28(22)12-11-25)17-6-8-18(9-7-17)24(30)31-4/h6-9,14-16,19-20H,5,10-13,25H2,1-4H3,(H,26,29)/t16-,19+,20-/m1/s1. The molecular formula is C24H34N4O3. The number of carbonyl (C=O) groups excluding carboxylic acids is 2. The van der Waals surface area contributed by atoms with Gasteiger partial charge in [0.05, 0.1) is 24.9 Å². The van der Waals surface area contributed by atoms with Gasteiger partial charge in [-0.05, 0) is 42.7 Å². The number of rotatable bonds is 7. The second kappa shape index (κ2) is 10.1. The van der Waals surface area contributed by atoms with Gasteiger partial charge in [-0.3, -0.25) is 4.79 Å². The van der Waals surface area contributed by atoms with Crippen LogP contribution in [0.3, 0.4) is 0 Å². The third-order valence-corrected chi connectivity index (χ3v) is 6.33. The minimum atomic E-state index is -0.380. The lowest BCUT2D eigenvalue weighted by Crippen LogP contribution is -2.37. The number of nitrogens with one attached hydrogen (secondary N) is 1. The summed E-state index contributed by atoms with van der Waals surface area (Å²) in [6.45, 7) is 7.56. The average molecular weight is 427 g/mol. The molecule has 0 spiro atoms. The number of hydrogen-bond acceptors (Lipinski definition) is 5. The highest BCUT2D eigenvalue weighted by Crippen LogP contribution is 2.38. The monoisotopic (exact) mass is 426 g/mol. The minimum absolute atomic E-state index is 0.00719. The number of nitrogens with zero attached hydrogens (tertiary/aromatic N) is 2. The summed E-state index contributed by atoms with van der Waals surface area (Å²) in [4.78, 5) is 24.9. The predicted octanol–water partition coefficient (Wildman–Crippen LogP) is 3.94. The number of anilines is 1. The van der Waals surface area contributed by atoms with Crippen LogP contribution >= 0.6 is 0 Å². The molecular weight excluding hydrogens is 392 g/mol. The highest BCUT2D eigenvalue weighted by atomic mass is 16.5. The summed E-state index contributed by atoms with van der Waals surface area (Å²) in [5, 5.41) is 7.77. The van der Waals surface area contributed by atoms with Crippen LogP contribution in [0.15, 0.2) is 30.3 Å². The van der Waals surface area contributed by atoms with E-state index < -0.39 is 0 Å². The Bertz CT molecular complexity index is 904. The maximum atomic E-state index is 13.2. The van der Waals surface area contributed by atoms with Crippen molar-refractivity contribution in [2.24, 2.45) is 29.4 Å². The maximum Gasteiger partial charge on any atom is 0.337 e. The van der Waals surface area contributed by atoms with Crippen molar-refractivity contribution in [1.29, 1.82) is 0 Å². The zero-order valence-corrected chi connectivity index (χ0v) is 18.9. The van der Waals surface area contributed by atoms with Gasteiger partial charge in [-0.1, -0.05) is 39.3 Å². The Morgan fingerprint density at radius 2 is 1.97 bits per heavy atom. The molecule has 0 aliphatic heterocycles. The van der Waals surface area contributed by atoms with E-state index in [1.165, 1.54) is 13.5 Å². The highest BCUT2D eigenvalue weighted by molar-refractivity contribution is 5.93. The van der Waals surface area contributed by atoms with Gasteiger partial charge in [-0.2, -0.15) is 5.10 Å². The topological polar surface area (TPSA) is 99.2 Å². The number of nitrogens with two attached hydrogens (primary N) is 1. The van der Waals surface area contributed by atoms with Crippen LogP contribution in [0.25, 0.3) is 11.3 Å². The molecule has 1 aliphatic rings. The molecule has 0 unspecified atom stereocenters. The van der Waals surface area contributed by atoms with Crippen LogP contribution in [-0.4, -0.2) is 35.3 Å². The number of amides is 1. The van der Waals surface area contributed by atoms with Gasteiger partial charge in [0.2, 0.25) is 5.91 Å². The fourth-order valence-electron chi connectivity index (χ4n) is 4.57. The fraction of sp³-hybridized carbons (Fsp3) is 0.542. The van der Waals surface area contributed by atoms with E-state index in [2.05, 4.69) is 31.2 Å². The first-order valence-electron chi connectivity index (χ1n) is 11.1. The van der Waals surface area contributed by atoms with E-state index in [1.807, 2.05) is 18.2 Å². The van der Waals surface area contributed by atoms with Crippen LogP contribution < -0.4 is 11.1 Å². The third-order valence-electron chi connectivity index (χ3n) is 6.33. The van der Waals surface area contributed by atoms with E-state index in [0.29, 0.717) is 42.2 Å². The molecule has 1 amide bonds. The number of esters is 1. The Labute approximate surface area is 184 Å². The van der Waals surface area contributed by atoms with Crippen molar-refractivity contribution in [3.05, 3.63) is 35.9 Å². The summed E-state index contributed by atoms with van der Waals surface area (Å²) in [6, 6.07) is 8.93. The van der Waals surface area contributed by atoms with Gasteiger partial charge in [-0.25, -0.2) is 9.48 Å². The van der Waals surface area contributed by atoms with Crippen LogP contribution in [0.2, 0.25) is 0 Å². The van der Waals surface area contributed by atoms with Crippen molar-refractivity contribution < 1.29 is 14.3 Å². The summed E-state index contributed by atoms with van der Waals surface area (Å²) in [5.74, 6) is 1.78. The number of hydrogen-bond donors (Lipinski definition) is 2. The number of ether oxygens (including phenoxy) is 1. The Balaban J connectivity index is 1.83. The van der Waals surface area contributed by atoms with Crippen LogP contribution in [0.1, 0.15) is 50.4 Å². The van der Waals surface area contributed by atoms with Gasteiger partial charge in [-0.15, -0.1) is 0 Å². The normalized spacial score (nSPS) is 21.2. The summed E-state index contributed by atoms with van der Waals surface area (Å²) in [5.41, 5.74) is 7.83. The molecule has 1 aromatic heterocycles. The summed E-state index contributed by atoms with van der Waals surface area (Å²) >= 11 is 0. The Hall–Kier alpha value is -2.67. The summed E-state index contributed by atoms with van der Waals surface area (Å²) in [7, 11) is 1.36. The number of carbonyl (C=O) groups is 2. The minimum Gasteiger partial charge on any atom is -0.465 e. The molecule has 1 aromatic carbocycles. The van der Waals surface area contributed by atoms with E-state index >= 15 is 0 Å². The molecule has 7 nitrogen and oxygen atoms in total. The molecule has 3 rings (SSSR count). The second-order valence-electron chi connectivity index (χ2n) is 8.92. The average Bonchev–Trinajstić information content (AvgIpc) is 3.15. The van der Waals surface area contributed by atoms with E-state index in [0.717, 1.165) is 24.1 Å². The van der Waals surface area contributed by atoms with Gasteiger partial charge >= 0.3 is 5.97 Å². The molecule has 3 N–H and O–H groups in total. The van der Waals surface area contributed by atoms with Gasteiger partial charge in [0.15, 0.2) is 0 Å². The molecule has 0 bridgehead atoms. The van der Waals surface area contributed by atoms with Gasteiger partial charge < -0.3 is 15.8 Å². The predicted molar refractivity (Wildman–Crippen MR) is 122 cm³/mol. The largest absolute Gasteiger partial charge is 0.465 e. The van der Waals surface area contributed by atoms with Crippen molar-refractivity contribution in [3.8, 4) is 11.3 Å². The maximum absolute atomic E-state index is 13.2. The van der Waals surface area contributed by atoms with Crippen molar-refractivity contribution in [3.63, 3.8) is 0 Å². The highest BCUT2D eigenvalue weighted by Gasteiger charge is 2.35. The number of benzene rings is 1. The van der Waals surface area contributed by atoms with Crippen LogP contribution in [-0.2, 0) is 16.1 Å². The van der Waals surface area contributed by atoms with Crippen molar-refractivity contribution >= 4 is 17.7 Å². The number of methoxy groups -OCH3 is 1. The molecule has 1 fully saturated rings. The molecule has 2 aromatic rings. The summed E-state index contributed by atoms with van der Waals surface area (Å²) < 4.78 is 6.50. The lowest BCUT2D eigenvalue weighted by atomic mass is 9.70. The molecule has 0 radical (unpaired) electrons. The molecule has 0 saturated heterocycles. The lowest BCUT2D eigenvalue weighted by molar-refractivity contribution is -0.124. The first kappa shape index (κ1) is 23.0. The molecule has 1 saturated carbocycles. The first-order valence-corrected chi connectivity index (χ1v) is 11.1. The lowest BCUT2D eigenvalue weighted by Gasteiger charge is -2.36. The zero-order chi connectivity index (χ0) is 22.5. The smallest absolute Gasteiger partial charge is 0.337 e. The van der Waals surface area contributed by atoms with Crippen LogP contribution in [0, 0.1) is 23.7 Å². The van der Waals surface area contributed by atoms with Gasteiger partial charge in [0.25, 0.3) is 0 Å². The first-order chi connectivity index (χ1) is 14.8. The van der Waals surface area contributed by atoms with E-state index in [-0.39, 0.29) is 17.8 Å². The fourth-order valence-corrected chi connectivity index (χ4v) is 4.57.